The van der Waals surface area contributed by atoms with Gasteiger partial charge in [0.05, 0.1) is 6.61 Å². The van der Waals surface area contributed by atoms with Gasteiger partial charge in [0.25, 0.3) is 0 Å². The number of hydrogen-bond donors (Lipinski definition) is 1. The summed E-state index contributed by atoms with van der Waals surface area (Å²) in [5, 5.41) is 8.61. The lowest BCUT2D eigenvalue weighted by atomic mass is 10.0. The van der Waals surface area contributed by atoms with Crippen molar-refractivity contribution in [1.29, 1.82) is 0 Å². The Balaban J connectivity index is 2.19. The van der Waals surface area contributed by atoms with E-state index in [2.05, 4.69) is 0 Å². The maximum Gasteiger partial charge on any atom is 0.303 e. The van der Waals surface area contributed by atoms with Crippen LogP contribution in [0.15, 0.2) is 18.2 Å². The number of aliphatic carboxylic acids is 1. The van der Waals surface area contributed by atoms with Crippen molar-refractivity contribution in [1.82, 2.24) is 0 Å². The van der Waals surface area contributed by atoms with Gasteiger partial charge in [-0.25, -0.2) is 0 Å². The molecule has 0 amide bonds. The summed E-state index contributed by atoms with van der Waals surface area (Å²) in [6, 6.07) is 5.72. The minimum absolute atomic E-state index is 0.126. The van der Waals surface area contributed by atoms with Gasteiger partial charge in [-0.05, 0) is 12.0 Å². The van der Waals surface area contributed by atoms with Crippen molar-refractivity contribution in [2.24, 2.45) is 0 Å². The minimum Gasteiger partial charge on any atom is -0.481 e. The van der Waals surface area contributed by atoms with E-state index in [1.807, 2.05) is 18.2 Å². The Labute approximate surface area is 87.4 Å². The SMILES string of the molecule is O=C(O)CCc1cccc2c1OCOC2. The van der Waals surface area contributed by atoms with Gasteiger partial charge in [-0.3, -0.25) is 4.79 Å². The Hall–Kier alpha value is -1.55. The van der Waals surface area contributed by atoms with Crippen LogP contribution in [-0.2, 0) is 22.6 Å². The maximum absolute atomic E-state index is 10.5. The zero-order valence-electron chi connectivity index (χ0n) is 8.23. The number of carbonyl (C=O) groups is 1. The van der Waals surface area contributed by atoms with Crippen molar-refractivity contribution in [2.75, 3.05) is 6.79 Å². The summed E-state index contributed by atoms with van der Waals surface area (Å²) >= 11 is 0. The molecule has 0 saturated heterocycles. The summed E-state index contributed by atoms with van der Waals surface area (Å²) in [4.78, 5) is 10.5. The Kier molecular flexibility index (Phi) is 2.87. The predicted molar refractivity (Wildman–Crippen MR) is 52.7 cm³/mol. The van der Waals surface area contributed by atoms with Gasteiger partial charge in [-0.15, -0.1) is 0 Å². The van der Waals surface area contributed by atoms with Crippen molar-refractivity contribution in [2.45, 2.75) is 19.4 Å². The molecule has 4 heteroatoms. The molecule has 1 aliphatic rings. The zero-order chi connectivity index (χ0) is 10.7. The van der Waals surface area contributed by atoms with Gasteiger partial charge in [-0.1, -0.05) is 18.2 Å². The molecule has 0 bridgehead atoms. The lowest BCUT2D eigenvalue weighted by Crippen LogP contribution is -2.13. The molecule has 15 heavy (non-hydrogen) atoms. The Morgan fingerprint density at radius 2 is 2.33 bits per heavy atom. The van der Waals surface area contributed by atoms with Gasteiger partial charge in [-0.2, -0.15) is 0 Å². The van der Waals surface area contributed by atoms with Crippen LogP contribution in [0.3, 0.4) is 0 Å². The van der Waals surface area contributed by atoms with E-state index in [1.54, 1.807) is 0 Å². The second kappa shape index (κ2) is 4.31. The molecular formula is C11H12O4. The number of fused-ring (bicyclic) bond motifs is 1. The van der Waals surface area contributed by atoms with E-state index in [9.17, 15) is 4.79 Å². The van der Waals surface area contributed by atoms with Crippen LogP contribution in [0.2, 0.25) is 0 Å². The molecule has 1 aromatic rings. The van der Waals surface area contributed by atoms with E-state index in [0.717, 1.165) is 16.9 Å². The minimum atomic E-state index is -0.792. The first-order valence-electron chi connectivity index (χ1n) is 4.80. The standard InChI is InChI=1S/C11H12O4/c12-10(13)5-4-8-2-1-3-9-6-14-7-15-11(8)9/h1-3H,4-7H2,(H,12,13). The number of rotatable bonds is 3. The highest BCUT2D eigenvalue weighted by Crippen LogP contribution is 2.28. The fraction of sp³-hybridized carbons (Fsp3) is 0.364. The highest BCUT2D eigenvalue weighted by Gasteiger charge is 2.14. The van der Waals surface area contributed by atoms with E-state index in [0.29, 0.717) is 13.0 Å². The summed E-state index contributed by atoms with van der Waals surface area (Å²) in [6.07, 6.45) is 0.624. The second-order valence-corrected chi connectivity index (χ2v) is 3.41. The number of ether oxygens (including phenoxy) is 2. The maximum atomic E-state index is 10.5. The fourth-order valence-corrected chi connectivity index (χ4v) is 1.63. The summed E-state index contributed by atoms with van der Waals surface area (Å²) in [6.45, 7) is 0.785. The van der Waals surface area contributed by atoms with Crippen molar-refractivity contribution in [3.05, 3.63) is 29.3 Å². The van der Waals surface area contributed by atoms with Gasteiger partial charge in [0.1, 0.15) is 5.75 Å². The van der Waals surface area contributed by atoms with Crippen molar-refractivity contribution < 1.29 is 19.4 Å². The first-order valence-corrected chi connectivity index (χ1v) is 4.80. The van der Waals surface area contributed by atoms with Crippen LogP contribution in [-0.4, -0.2) is 17.9 Å². The van der Waals surface area contributed by atoms with Gasteiger partial charge in [0.15, 0.2) is 6.79 Å². The van der Waals surface area contributed by atoms with Crippen LogP contribution in [0.25, 0.3) is 0 Å². The largest absolute Gasteiger partial charge is 0.481 e. The summed E-state index contributed by atoms with van der Waals surface area (Å²) in [5.41, 5.74) is 1.93. The molecule has 2 rings (SSSR count). The summed E-state index contributed by atoms with van der Waals surface area (Å²) in [5.74, 6) is 0.00432. The van der Waals surface area contributed by atoms with Crippen molar-refractivity contribution >= 4 is 5.97 Å². The fourth-order valence-electron chi connectivity index (χ4n) is 1.63. The number of carboxylic acid groups (broad SMARTS) is 1. The van der Waals surface area contributed by atoms with Crippen LogP contribution < -0.4 is 4.74 Å². The number of carboxylic acids is 1. The molecule has 0 spiro atoms. The van der Waals surface area contributed by atoms with Gasteiger partial charge < -0.3 is 14.6 Å². The molecule has 0 radical (unpaired) electrons. The summed E-state index contributed by atoms with van der Waals surface area (Å²) in [7, 11) is 0. The highest BCUT2D eigenvalue weighted by atomic mass is 16.7. The number of hydrogen-bond acceptors (Lipinski definition) is 3. The lowest BCUT2D eigenvalue weighted by Gasteiger charge is -2.20. The summed E-state index contributed by atoms with van der Waals surface area (Å²) < 4.78 is 10.5. The third-order valence-electron chi connectivity index (χ3n) is 2.33. The van der Waals surface area contributed by atoms with Crippen LogP contribution in [0, 0.1) is 0 Å². The van der Waals surface area contributed by atoms with Crippen LogP contribution in [0.1, 0.15) is 17.5 Å². The van der Waals surface area contributed by atoms with Gasteiger partial charge in [0, 0.05) is 12.0 Å². The average molecular weight is 208 g/mol. The third kappa shape index (κ3) is 2.27. The van der Waals surface area contributed by atoms with E-state index in [4.69, 9.17) is 14.6 Å². The van der Waals surface area contributed by atoms with Gasteiger partial charge in [0.2, 0.25) is 0 Å². The number of para-hydroxylation sites is 1. The first kappa shape index (κ1) is 9.98. The van der Waals surface area contributed by atoms with Gasteiger partial charge >= 0.3 is 5.97 Å². The smallest absolute Gasteiger partial charge is 0.303 e. The Morgan fingerprint density at radius 3 is 3.13 bits per heavy atom. The number of aryl methyl sites for hydroxylation is 1. The number of benzene rings is 1. The van der Waals surface area contributed by atoms with Crippen LogP contribution in [0.4, 0.5) is 0 Å². The van der Waals surface area contributed by atoms with E-state index in [-0.39, 0.29) is 13.2 Å². The molecule has 0 unspecified atom stereocenters. The van der Waals surface area contributed by atoms with E-state index < -0.39 is 5.97 Å². The molecule has 4 nitrogen and oxygen atoms in total. The molecule has 80 valence electrons. The van der Waals surface area contributed by atoms with Crippen molar-refractivity contribution in [3.63, 3.8) is 0 Å². The molecule has 1 aromatic carbocycles. The highest BCUT2D eigenvalue weighted by molar-refractivity contribution is 5.67. The zero-order valence-corrected chi connectivity index (χ0v) is 8.23. The lowest BCUT2D eigenvalue weighted by molar-refractivity contribution is -0.136. The quantitative estimate of drug-likeness (QED) is 0.819. The Morgan fingerprint density at radius 1 is 1.47 bits per heavy atom. The predicted octanol–water partition coefficient (Wildman–Crippen LogP) is 1.57. The van der Waals surface area contributed by atoms with E-state index in [1.165, 1.54) is 0 Å². The molecule has 0 fully saturated rings. The van der Waals surface area contributed by atoms with Crippen LogP contribution >= 0.6 is 0 Å². The monoisotopic (exact) mass is 208 g/mol. The topological polar surface area (TPSA) is 55.8 Å². The molecule has 1 aliphatic heterocycles. The molecule has 0 atom stereocenters. The van der Waals surface area contributed by atoms with E-state index >= 15 is 0 Å². The molecule has 1 heterocycles. The third-order valence-corrected chi connectivity index (χ3v) is 2.33. The molecule has 1 N–H and O–H groups in total. The molecule has 0 aromatic heterocycles. The first-order chi connectivity index (χ1) is 7.27. The molecular weight excluding hydrogens is 196 g/mol. The molecule has 0 aliphatic carbocycles. The van der Waals surface area contributed by atoms with Crippen LogP contribution in [0.5, 0.6) is 5.75 Å². The molecule has 0 saturated carbocycles. The average Bonchev–Trinajstić information content (AvgIpc) is 2.26. The van der Waals surface area contributed by atoms with Crippen molar-refractivity contribution in [3.8, 4) is 5.75 Å². The normalized spacial score (nSPS) is 14.1. The Bertz CT molecular complexity index is 373. The second-order valence-electron chi connectivity index (χ2n) is 3.41.